The lowest BCUT2D eigenvalue weighted by Crippen LogP contribution is -2.01. The smallest absolute Gasteiger partial charge is 0.162 e. The average molecular weight is 295 g/mol. The summed E-state index contributed by atoms with van der Waals surface area (Å²) in [6.45, 7) is 13.7. The summed E-state index contributed by atoms with van der Waals surface area (Å²) in [5.74, 6) is 1.28. The van der Waals surface area contributed by atoms with Crippen molar-refractivity contribution < 1.29 is 9.47 Å². The molecule has 0 spiro atoms. The Labute approximate surface area is 127 Å². The maximum atomic E-state index is 6.03. The van der Waals surface area contributed by atoms with Gasteiger partial charge in [0.2, 0.25) is 0 Å². The molecule has 110 valence electrons. The van der Waals surface area contributed by atoms with Crippen LogP contribution in [0.25, 0.3) is 0 Å². The molecule has 0 saturated carbocycles. The predicted octanol–water partition coefficient (Wildman–Crippen LogP) is 5.36. The van der Waals surface area contributed by atoms with E-state index >= 15 is 0 Å². The zero-order chi connectivity index (χ0) is 15.5. The Balaban J connectivity index is 0.00000172. The molecule has 1 aromatic carbocycles. The zero-order valence-electron chi connectivity index (χ0n) is 12.7. The highest BCUT2D eigenvalue weighted by Crippen LogP contribution is 2.33. The van der Waals surface area contributed by atoms with Crippen molar-refractivity contribution in [1.29, 1.82) is 0 Å². The third-order valence-corrected chi connectivity index (χ3v) is 2.84. The second-order valence-corrected chi connectivity index (χ2v) is 4.13. The van der Waals surface area contributed by atoms with Gasteiger partial charge in [-0.15, -0.1) is 0 Å². The molecule has 0 aliphatic heterocycles. The number of rotatable bonds is 6. The van der Waals surface area contributed by atoms with Gasteiger partial charge >= 0.3 is 0 Å². The van der Waals surface area contributed by atoms with Crippen LogP contribution in [0.4, 0.5) is 0 Å². The van der Waals surface area contributed by atoms with Crippen LogP contribution in [0.1, 0.15) is 19.4 Å². The number of aryl methyl sites for hydroxylation is 1. The number of hydrogen-bond donors (Lipinski definition) is 0. The molecule has 0 bridgehead atoms. The summed E-state index contributed by atoms with van der Waals surface area (Å²) in [4.78, 5) is 0. The molecule has 0 heterocycles. The minimum atomic E-state index is 0.410. The van der Waals surface area contributed by atoms with Crippen LogP contribution in [0.5, 0.6) is 11.5 Å². The molecule has 1 rings (SSSR count). The molecule has 1 aromatic rings. The Hall–Kier alpha value is -1.67. The number of benzene rings is 1. The molecule has 0 fully saturated rings. The van der Waals surface area contributed by atoms with Crippen LogP contribution in [0.3, 0.4) is 0 Å². The van der Waals surface area contributed by atoms with Crippen molar-refractivity contribution in [2.75, 3.05) is 13.7 Å². The Morgan fingerprint density at radius 3 is 2.40 bits per heavy atom. The van der Waals surface area contributed by atoms with E-state index in [-0.39, 0.29) is 0 Å². The molecule has 0 unspecified atom stereocenters. The van der Waals surface area contributed by atoms with Gasteiger partial charge in [0.05, 0.1) is 7.11 Å². The molecule has 0 atom stereocenters. The zero-order valence-corrected chi connectivity index (χ0v) is 13.5. The maximum absolute atomic E-state index is 6.03. The predicted molar refractivity (Wildman–Crippen MR) is 88.1 cm³/mol. The molecular formula is C17H23ClO2. The van der Waals surface area contributed by atoms with Gasteiger partial charge in [-0.1, -0.05) is 56.8 Å². The Morgan fingerprint density at radius 1 is 1.25 bits per heavy atom. The van der Waals surface area contributed by atoms with E-state index in [4.69, 9.17) is 21.1 Å². The van der Waals surface area contributed by atoms with Crippen molar-refractivity contribution in [1.82, 2.24) is 0 Å². The molecule has 0 aromatic heterocycles. The van der Waals surface area contributed by atoms with Crippen LogP contribution in [-0.2, 0) is 0 Å². The van der Waals surface area contributed by atoms with E-state index in [1.54, 1.807) is 25.3 Å². The second-order valence-electron chi connectivity index (χ2n) is 3.72. The Morgan fingerprint density at radius 2 is 1.90 bits per heavy atom. The van der Waals surface area contributed by atoms with Crippen molar-refractivity contribution in [3.63, 3.8) is 0 Å². The van der Waals surface area contributed by atoms with Gasteiger partial charge in [-0.05, 0) is 24.1 Å². The van der Waals surface area contributed by atoms with Crippen molar-refractivity contribution in [3.05, 3.63) is 59.7 Å². The van der Waals surface area contributed by atoms with Crippen LogP contribution in [0.15, 0.2) is 49.1 Å². The monoisotopic (exact) mass is 294 g/mol. The molecule has 0 aliphatic carbocycles. The average Bonchev–Trinajstić information content (AvgIpc) is 2.48. The summed E-state index contributed by atoms with van der Waals surface area (Å²) in [6.07, 6.45) is 5.28. The molecule has 0 saturated heterocycles. The van der Waals surface area contributed by atoms with Crippen LogP contribution in [0.2, 0.25) is 5.02 Å². The van der Waals surface area contributed by atoms with Crippen LogP contribution >= 0.6 is 11.6 Å². The molecule has 0 radical (unpaired) electrons. The van der Waals surface area contributed by atoms with Gasteiger partial charge in [0.15, 0.2) is 11.5 Å². The topological polar surface area (TPSA) is 18.5 Å². The van der Waals surface area contributed by atoms with E-state index in [0.717, 1.165) is 11.1 Å². The van der Waals surface area contributed by atoms with Crippen molar-refractivity contribution in [3.8, 4) is 11.5 Å². The second kappa shape index (κ2) is 10.2. The molecule has 3 heteroatoms. The van der Waals surface area contributed by atoms with Crippen molar-refractivity contribution in [2.24, 2.45) is 0 Å². The lowest BCUT2D eigenvalue weighted by atomic mass is 10.2. The van der Waals surface area contributed by atoms with Gasteiger partial charge in [-0.25, -0.2) is 0 Å². The highest BCUT2D eigenvalue weighted by Gasteiger charge is 2.08. The minimum Gasteiger partial charge on any atom is -0.493 e. The minimum absolute atomic E-state index is 0.410. The maximum Gasteiger partial charge on any atom is 0.162 e. The first-order chi connectivity index (χ1) is 9.62. The van der Waals surface area contributed by atoms with E-state index < -0.39 is 0 Å². The van der Waals surface area contributed by atoms with Gasteiger partial charge in [-0.3, -0.25) is 0 Å². The van der Waals surface area contributed by atoms with E-state index in [9.17, 15) is 0 Å². The SMILES string of the molecule is C=C/C=C(\C=C)COc1cc(C)c(Cl)cc1OC.CC. The molecular weight excluding hydrogens is 272 g/mol. The summed E-state index contributed by atoms with van der Waals surface area (Å²) >= 11 is 6.03. The van der Waals surface area contributed by atoms with Crippen molar-refractivity contribution >= 4 is 11.6 Å². The third kappa shape index (κ3) is 5.54. The highest BCUT2D eigenvalue weighted by molar-refractivity contribution is 6.31. The normalized spacial score (nSPS) is 10.2. The Kier molecular flexibility index (Phi) is 9.31. The van der Waals surface area contributed by atoms with Crippen LogP contribution < -0.4 is 9.47 Å². The van der Waals surface area contributed by atoms with Gasteiger partial charge in [0.25, 0.3) is 0 Å². The van der Waals surface area contributed by atoms with Gasteiger partial charge < -0.3 is 9.47 Å². The van der Waals surface area contributed by atoms with E-state index in [0.29, 0.717) is 23.1 Å². The molecule has 2 nitrogen and oxygen atoms in total. The quantitative estimate of drug-likeness (QED) is 0.658. The van der Waals surface area contributed by atoms with Crippen LogP contribution in [0, 0.1) is 6.92 Å². The number of hydrogen-bond acceptors (Lipinski definition) is 2. The summed E-state index contributed by atoms with van der Waals surface area (Å²) in [5, 5.41) is 0.657. The summed E-state index contributed by atoms with van der Waals surface area (Å²) in [5.41, 5.74) is 1.89. The number of ether oxygens (including phenoxy) is 2. The largest absolute Gasteiger partial charge is 0.493 e. The summed E-state index contributed by atoms with van der Waals surface area (Å²) in [7, 11) is 1.59. The molecule has 0 amide bonds. The third-order valence-electron chi connectivity index (χ3n) is 2.43. The molecule has 0 aliphatic rings. The van der Waals surface area contributed by atoms with Gasteiger partial charge in [0.1, 0.15) is 6.61 Å². The standard InChI is InChI=1S/C15H17ClO2.C2H6/c1-5-7-12(6-2)10-18-15-8-11(3)13(16)9-14(15)17-4;1-2/h5-9H,1-2,10H2,3-4H3;1-2H3/b12-7+;. The summed E-state index contributed by atoms with van der Waals surface area (Å²) < 4.78 is 10.9. The van der Waals surface area contributed by atoms with E-state index in [1.165, 1.54) is 0 Å². The number of methoxy groups -OCH3 is 1. The fourth-order valence-corrected chi connectivity index (χ4v) is 1.55. The van der Waals surface area contributed by atoms with E-state index in [1.807, 2.05) is 32.9 Å². The molecule has 20 heavy (non-hydrogen) atoms. The number of allylic oxidation sites excluding steroid dienone is 2. The van der Waals surface area contributed by atoms with Gasteiger partial charge in [0, 0.05) is 11.1 Å². The summed E-state index contributed by atoms with van der Waals surface area (Å²) in [6, 6.07) is 3.60. The first kappa shape index (κ1) is 18.3. The lowest BCUT2D eigenvalue weighted by molar-refractivity contribution is 0.321. The highest BCUT2D eigenvalue weighted by atomic mass is 35.5. The lowest BCUT2D eigenvalue weighted by Gasteiger charge is -2.12. The first-order valence-corrected chi connectivity index (χ1v) is 6.91. The number of halogens is 1. The van der Waals surface area contributed by atoms with E-state index in [2.05, 4.69) is 13.2 Å². The Bertz CT molecular complexity index is 476. The van der Waals surface area contributed by atoms with Gasteiger partial charge in [-0.2, -0.15) is 0 Å². The van der Waals surface area contributed by atoms with Crippen LogP contribution in [-0.4, -0.2) is 13.7 Å². The fourth-order valence-electron chi connectivity index (χ4n) is 1.40. The fraction of sp³-hybridized carbons (Fsp3) is 0.294. The molecule has 0 N–H and O–H groups in total. The van der Waals surface area contributed by atoms with Crippen molar-refractivity contribution in [2.45, 2.75) is 20.8 Å². The first-order valence-electron chi connectivity index (χ1n) is 6.53.